The molecule has 15 heavy (non-hydrogen) atoms. The van der Waals surface area contributed by atoms with E-state index in [1.54, 1.807) is 0 Å². The Bertz CT molecular complexity index is 264. The maximum absolute atomic E-state index is 10.7. The van der Waals surface area contributed by atoms with Crippen LogP contribution in [0.3, 0.4) is 0 Å². The second-order valence-corrected chi connectivity index (χ2v) is 3.01. The van der Waals surface area contributed by atoms with Crippen LogP contribution in [-0.2, 0) is 14.4 Å². The van der Waals surface area contributed by atoms with E-state index in [-0.39, 0.29) is 6.54 Å². The molecular weight excluding hydrogens is 206 g/mol. The number of carboxylic acid groups (broad SMARTS) is 2. The van der Waals surface area contributed by atoms with Crippen molar-refractivity contribution in [1.82, 2.24) is 5.32 Å². The molecule has 2 unspecified atom stereocenters. The summed E-state index contributed by atoms with van der Waals surface area (Å²) in [6.45, 7) is 0.0850. The summed E-state index contributed by atoms with van der Waals surface area (Å²) in [6, 6.07) is 0. The van der Waals surface area contributed by atoms with Gasteiger partial charge >= 0.3 is 11.9 Å². The molecule has 0 fully saturated rings. The van der Waals surface area contributed by atoms with Crippen LogP contribution < -0.4 is 5.32 Å². The molecule has 0 aliphatic carbocycles. The van der Waals surface area contributed by atoms with Crippen molar-refractivity contribution < 1.29 is 29.7 Å². The molecule has 0 aromatic heterocycles. The first-order valence-corrected chi connectivity index (χ1v) is 4.21. The molecule has 0 heterocycles. The maximum atomic E-state index is 10.7. The van der Waals surface area contributed by atoms with Crippen molar-refractivity contribution in [2.24, 2.45) is 11.8 Å². The van der Waals surface area contributed by atoms with E-state index in [2.05, 4.69) is 5.32 Å². The molecule has 0 saturated heterocycles. The summed E-state index contributed by atoms with van der Waals surface area (Å²) >= 11 is 0. The van der Waals surface area contributed by atoms with Crippen LogP contribution in [-0.4, -0.2) is 46.3 Å². The maximum Gasteiger partial charge on any atom is 0.309 e. The number of hydrogen-bond acceptors (Lipinski definition) is 4. The number of hydrogen-bond donors (Lipinski definition) is 4. The average molecular weight is 219 g/mol. The smallest absolute Gasteiger partial charge is 0.309 e. The van der Waals surface area contributed by atoms with E-state index in [1.165, 1.54) is 6.92 Å². The van der Waals surface area contributed by atoms with Crippen molar-refractivity contribution in [1.29, 1.82) is 0 Å². The molecule has 7 nitrogen and oxygen atoms in total. The third-order valence-corrected chi connectivity index (χ3v) is 1.89. The lowest BCUT2D eigenvalue weighted by Crippen LogP contribution is -2.40. The Morgan fingerprint density at radius 2 is 1.60 bits per heavy atom. The quantitative estimate of drug-likeness (QED) is 0.431. The van der Waals surface area contributed by atoms with Crippen molar-refractivity contribution >= 4 is 17.8 Å². The van der Waals surface area contributed by atoms with Crippen LogP contribution in [0.1, 0.15) is 6.92 Å². The Labute approximate surface area is 85.7 Å². The first-order chi connectivity index (χ1) is 6.90. The summed E-state index contributed by atoms with van der Waals surface area (Å²) in [4.78, 5) is 31.8. The van der Waals surface area contributed by atoms with Crippen molar-refractivity contribution in [3.63, 3.8) is 0 Å². The van der Waals surface area contributed by atoms with Gasteiger partial charge in [-0.3, -0.25) is 14.4 Å². The normalized spacial score (nSPS) is 14.0. The molecule has 0 aliphatic rings. The Hall–Kier alpha value is -1.63. The molecule has 86 valence electrons. The van der Waals surface area contributed by atoms with Crippen molar-refractivity contribution in [2.75, 3.05) is 13.2 Å². The van der Waals surface area contributed by atoms with Gasteiger partial charge in [0.05, 0.1) is 18.4 Å². The molecule has 2 atom stereocenters. The van der Waals surface area contributed by atoms with Gasteiger partial charge < -0.3 is 20.6 Å². The second-order valence-electron chi connectivity index (χ2n) is 3.01. The number of aliphatic hydroxyl groups excluding tert-OH is 1. The first kappa shape index (κ1) is 13.4. The standard InChI is InChI=1S/C8H13NO6/c1-4(11)9-2-5(7(12)13)6(3-10)8(14)15/h5-6,10H,2-3H2,1H3,(H,9,11)(H,12,13)(H,14,15). The van der Waals surface area contributed by atoms with Gasteiger partial charge in [0.2, 0.25) is 5.91 Å². The van der Waals surface area contributed by atoms with Crippen LogP contribution in [0.15, 0.2) is 0 Å². The Kier molecular flexibility index (Phi) is 5.32. The molecular formula is C8H13NO6. The minimum Gasteiger partial charge on any atom is -0.481 e. The summed E-state index contributed by atoms with van der Waals surface area (Å²) in [6.07, 6.45) is 0. The Morgan fingerprint density at radius 1 is 1.13 bits per heavy atom. The van der Waals surface area contributed by atoms with Crippen LogP contribution in [0.5, 0.6) is 0 Å². The van der Waals surface area contributed by atoms with Gasteiger partial charge in [-0.2, -0.15) is 0 Å². The van der Waals surface area contributed by atoms with E-state index in [1.807, 2.05) is 0 Å². The van der Waals surface area contributed by atoms with Crippen molar-refractivity contribution in [2.45, 2.75) is 6.92 Å². The number of aliphatic hydroxyl groups is 1. The number of nitrogens with one attached hydrogen (secondary N) is 1. The fourth-order valence-corrected chi connectivity index (χ4v) is 1.03. The van der Waals surface area contributed by atoms with Gasteiger partial charge in [0.1, 0.15) is 0 Å². The molecule has 0 saturated carbocycles. The van der Waals surface area contributed by atoms with E-state index in [0.29, 0.717) is 0 Å². The Morgan fingerprint density at radius 3 is 1.87 bits per heavy atom. The third kappa shape index (κ3) is 4.41. The van der Waals surface area contributed by atoms with E-state index >= 15 is 0 Å². The molecule has 0 spiro atoms. The summed E-state index contributed by atoms with van der Waals surface area (Å²) in [5.41, 5.74) is 0. The lowest BCUT2D eigenvalue weighted by Gasteiger charge is -2.18. The lowest BCUT2D eigenvalue weighted by molar-refractivity contribution is -0.155. The first-order valence-electron chi connectivity index (χ1n) is 4.21. The van der Waals surface area contributed by atoms with Crippen molar-refractivity contribution in [3.05, 3.63) is 0 Å². The number of aliphatic carboxylic acids is 2. The van der Waals surface area contributed by atoms with E-state index in [0.717, 1.165) is 0 Å². The highest BCUT2D eigenvalue weighted by molar-refractivity contribution is 5.81. The van der Waals surface area contributed by atoms with Crippen LogP contribution in [0.2, 0.25) is 0 Å². The number of rotatable bonds is 6. The highest BCUT2D eigenvalue weighted by atomic mass is 16.4. The van der Waals surface area contributed by atoms with Crippen molar-refractivity contribution in [3.8, 4) is 0 Å². The molecule has 4 N–H and O–H groups in total. The van der Waals surface area contributed by atoms with E-state index in [9.17, 15) is 14.4 Å². The number of amides is 1. The molecule has 7 heteroatoms. The van der Waals surface area contributed by atoms with Gasteiger partial charge in [0.15, 0.2) is 0 Å². The minimum absolute atomic E-state index is 0.317. The summed E-state index contributed by atoms with van der Waals surface area (Å²) < 4.78 is 0. The van der Waals surface area contributed by atoms with Gasteiger partial charge in [-0.1, -0.05) is 0 Å². The van der Waals surface area contributed by atoms with Crippen LogP contribution in [0.25, 0.3) is 0 Å². The fourth-order valence-electron chi connectivity index (χ4n) is 1.03. The molecule has 0 aromatic rings. The zero-order valence-corrected chi connectivity index (χ0v) is 8.14. The number of carbonyl (C=O) groups is 3. The molecule has 0 rings (SSSR count). The summed E-state index contributed by atoms with van der Waals surface area (Å²) in [7, 11) is 0. The highest BCUT2D eigenvalue weighted by Crippen LogP contribution is 2.11. The predicted octanol–water partition coefficient (Wildman–Crippen LogP) is -1.48. The largest absolute Gasteiger partial charge is 0.481 e. The zero-order valence-electron chi connectivity index (χ0n) is 8.14. The Balaban J connectivity index is 4.55. The van der Waals surface area contributed by atoms with E-state index < -0.39 is 36.3 Å². The molecule has 0 radical (unpaired) electrons. The van der Waals surface area contributed by atoms with Crippen LogP contribution in [0, 0.1) is 11.8 Å². The molecule has 0 aromatic carbocycles. The minimum atomic E-state index is -1.42. The fraction of sp³-hybridized carbons (Fsp3) is 0.625. The van der Waals surface area contributed by atoms with Crippen LogP contribution >= 0.6 is 0 Å². The monoisotopic (exact) mass is 219 g/mol. The molecule has 1 amide bonds. The van der Waals surface area contributed by atoms with Gasteiger partial charge in [-0.25, -0.2) is 0 Å². The predicted molar refractivity (Wildman–Crippen MR) is 48.0 cm³/mol. The van der Waals surface area contributed by atoms with Gasteiger partial charge in [-0.15, -0.1) is 0 Å². The van der Waals surface area contributed by atoms with Gasteiger partial charge in [0, 0.05) is 13.5 Å². The molecule has 0 bridgehead atoms. The SMILES string of the molecule is CC(=O)NCC(C(=O)O)C(CO)C(=O)O. The van der Waals surface area contributed by atoms with E-state index in [4.69, 9.17) is 15.3 Å². The zero-order chi connectivity index (χ0) is 12.0. The topological polar surface area (TPSA) is 124 Å². The lowest BCUT2D eigenvalue weighted by atomic mass is 9.93. The number of carboxylic acids is 2. The summed E-state index contributed by atoms with van der Waals surface area (Å²) in [5.74, 6) is -5.99. The molecule has 0 aliphatic heterocycles. The summed E-state index contributed by atoms with van der Waals surface area (Å²) in [5, 5.41) is 28.3. The third-order valence-electron chi connectivity index (χ3n) is 1.89. The second kappa shape index (κ2) is 5.97. The van der Waals surface area contributed by atoms with Crippen LogP contribution in [0.4, 0.5) is 0 Å². The highest BCUT2D eigenvalue weighted by Gasteiger charge is 2.33. The number of carbonyl (C=O) groups excluding carboxylic acids is 1. The van der Waals surface area contributed by atoms with Gasteiger partial charge in [0.25, 0.3) is 0 Å². The average Bonchev–Trinajstić information content (AvgIpc) is 2.10. The van der Waals surface area contributed by atoms with Gasteiger partial charge in [-0.05, 0) is 0 Å².